The van der Waals surface area contributed by atoms with Crippen LogP contribution in [0.15, 0.2) is 54.7 Å². The maximum atomic E-state index is 12.1. The third-order valence-corrected chi connectivity index (χ3v) is 4.83. The maximum Gasteiger partial charge on any atom is 0.229 e. The summed E-state index contributed by atoms with van der Waals surface area (Å²) in [4.78, 5) is 17.5. The Bertz CT molecular complexity index is 890. The summed E-state index contributed by atoms with van der Waals surface area (Å²) >= 11 is 1.50. The largest absolute Gasteiger partial charge is 0.497 e. The molecule has 0 aliphatic carbocycles. The van der Waals surface area contributed by atoms with Gasteiger partial charge in [0, 0.05) is 17.5 Å². The van der Waals surface area contributed by atoms with Gasteiger partial charge in [-0.05, 0) is 36.8 Å². The Hall–Kier alpha value is -2.86. The van der Waals surface area contributed by atoms with Crippen LogP contribution < -0.4 is 14.8 Å². The van der Waals surface area contributed by atoms with Crippen molar-refractivity contribution in [1.82, 2.24) is 4.98 Å². The molecule has 2 aromatic carbocycles. The Morgan fingerprint density at radius 2 is 1.93 bits per heavy atom. The van der Waals surface area contributed by atoms with Gasteiger partial charge in [0.2, 0.25) is 5.91 Å². The van der Waals surface area contributed by atoms with Crippen LogP contribution in [0.2, 0.25) is 0 Å². The molecular weight excluding hydrogens is 360 g/mol. The highest BCUT2D eigenvalue weighted by Gasteiger charge is 2.08. The van der Waals surface area contributed by atoms with Crippen LogP contribution >= 0.6 is 11.3 Å². The number of benzene rings is 2. The van der Waals surface area contributed by atoms with Gasteiger partial charge >= 0.3 is 0 Å². The first kappa shape index (κ1) is 18.9. The minimum atomic E-state index is -0.111. The summed E-state index contributed by atoms with van der Waals surface area (Å²) in [5, 5.41) is 3.45. The van der Waals surface area contributed by atoms with Crippen molar-refractivity contribution in [3.8, 4) is 11.5 Å². The van der Waals surface area contributed by atoms with Crippen LogP contribution in [-0.4, -0.2) is 24.6 Å². The fourth-order valence-corrected chi connectivity index (χ4v) is 3.45. The Balaban J connectivity index is 1.44. The lowest BCUT2D eigenvalue weighted by atomic mass is 10.1. The zero-order valence-corrected chi connectivity index (χ0v) is 16.2. The summed E-state index contributed by atoms with van der Waals surface area (Å²) in [6.45, 7) is 2.38. The summed E-state index contributed by atoms with van der Waals surface area (Å²) in [6.07, 6.45) is 2.89. The second kappa shape index (κ2) is 9.19. The number of thiazole rings is 1. The topological polar surface area (TPSA) is 60.5 Å². The highest BCUT2D eigenvalue weighted by atomic mass is 32.1. The first-order valence-electron chi connectivity index (χ1n) is 8.69. The highest BCUT2D eigenvalue weighted by Crippen LogP contribution is 2.22. The summed E-state index contributed by atoms with van der Waals surface area (Å²) < 4.78 is 10.7. The number of hydrogen-bond donors (Lipinski definition) is 1. The monoisotopic (exact) mass is 382 g/mol. The molecule has 0 spiro atoms. The maximum absolute atomic E-state index is 12.1. The van der Waals surface area contributed by atoms with Crippen LogP contribution in [0.4, 0.5) is 5.13 Å². The number of hydrogen-bond acceptors (Lipinski definition) is 5. The van der Waals surface area contributed by atoms with E-state index in [0.717, 1.165) is 17.0 Å². The molecule has 6 heteroatoms. The molecule has 0 fully saturated rings. The van der Waals surface area contributed by atoms with Crippen LogP contribution in [0, 0.1) is 6.92 Å². The molecule has 0 unspecified atom stereocenters. The number of anilines is 1. The highest BCUT2D eigenvalue weighted by molar-refractivity contribution is 7.15. The zero-order valence-electron chi connectivity index (χ0n) is 15.4. The van der Waals surface area contributed by atoms with Gasteiger partial charge in [-0.3, -0.25) is 4.79 Å². The van der Waals surface area contributed by atoms with Gasteiger partial charge < -0.3 is 14.8 Å². The Morgan fingerprint density at radius 3 is 2.67 bits per heavy atom. The second-order valence-electron chi connectivity index (χ2n) is 6.12. The molecule has 0 aliphatic heterocycles. The molecule has 3 rings (SSSR count). The van der Waals surface area contributed by atoms with Gasteiger partial charge in [-0.1, -0.05) is 29.8 Å². The predicted octanol–water partition coefficient (Wildman–Crippen LogP) is 4.46. The van der Waals surface area contributed by atoms with Crippen molar-refractivity contribution >= 4 is 22.4 Å². The van der Waals surface area contributed by atoms with E-state index in [-0.39, 0.29) is 12.3 Å². The number of aryl methyl sites for hydroxylation is 1. The molecular formula is C21H22N2O3S. The fourth-order valence-electron chi connectivity index (χ4n) is 2.59. The third kappa shape index (κ3) is 5.82. The minimum Gasteiger partial charge on any atom is -0.497 e. The number of carbonyl (C=O) groups excluding carboxylic acids is 1. The van der Waals surface area contributed by atoms with Crippen LogP contribution in [0.5, 0.6) is 11.5 Å². The summed E-state index contributed by atoms with van der Waals surface area (Å²) in [7, 11) is 1.62. The summed E-state index contributed by atoms with van der Waals surface area (Å²) in [5.41, 5.74) is 2.48. The van der Waals surface area contributed by atoms with E-state index in [4.69, 9.17) is 9.47 Å². The lowest BCUT2D eigenvalue weighted by Gasteiger charge is -2.06. The Kier molecular flexibility index (Phi) is 6.44. The fraction of sp³-hybridized carbons (Fsp3) is 0.238. The normalized spacial score (nSPS) is 10.4. The van der Waals surface area contributed by atoms with Crippen molar-refractivity contribution in [3.63, 3.8) is 0 Å². The van der Waals surface area contributed by atoms with Gasteiger partial charge in [-0.2, -0.15) is 0 Å². The molecule has 0 aliphatic rings. The van der Waals surface area contributed by atoms with E-state index >= 15 is 0 Å². The third-order valence-electron chi connectivity index (χ3n) is 3.92. The van der Waals surface area contributed by atoms with Crippen molar-refractivity contribution in [2.45, 2.75) is 19.8 Å². The zero-order chi connectivity index (χ0) is 19.1. The van der Waals surface area contributed by atoms with Gasteiger partial charge in [-0.15, -0.1) is 11.3 Å². The molecule has 3 aromatic rings. The smallest absolute Gasteiger partial charge is 0.229 e. The van der Waals surface area contributed by atoms with E-state index in [2.05, 4.69) is 41.5 Å². The molecule has 0 saturated carbocycles. The van der Waals surface area contributed by atoms with Gasteiger partial charge in [0.25, 0.3) is 0 Å². The molecule has 0 saturated heterocycles. The molecule has 1 aromatic heterocycles. The van der Waals surface area contributed by atoms with Gasteiger partial charge in [0.15, 0.2) is 5.13 Å². The Labute approximate surface area is 163 Å². The number of nitrogens with one attached hydrogen (secondary N) is 1. The summed E-state index contributed by atoms with van der Waals surface area (Å²) in [5.74, 6) is 1.36. The number of rotatable bonds is 8. The van der Waals surface area contributed by atoms with E-state index < -0.39 is 0 Å². The molecule has 1 N–H and O–H groups in total. The molecule has 0 radical (unpaired) electrons. The van der Waals surface area contributed by atoms with E-state index in [0.29, 0.717) is 17.5 Å². The number of ether oxygens (including phenoxy) is 2. The average molecular weight is 382 g/mol. The van der Waals surface area contributed by atoms with Crippen LogP contribution in [0.25, 0.3) is 0 Å². The van der Waals surface area contributed by atoms with Crippen molar-refractivity contribution in [2.24, 2.45) is 0 Å². The molecule has 1 amide bonds. The molecule has 27 heavy (non-hydrogen) atoms. The van der Waals surface area contributed by atoms with E-state index in [9.17, 15) is 4.79 Å². The molecule has 5 nitrogen and oxygen atoms in total. The van der Waals surface area contributed by atoms with Crippen molar-refractivity contribution in [3.05, 3.63) is 70.7 Å². The van der Waals surface area contributed by atoms with Gasteiger partial charge in [-0.25, -0.2) is 4.98 Å². The predicted molar refractivity (Wildman–Crippen MR) is 108 cm³/mol. The van der Waals surface area contributed by atoms with Crippen LogP contribution in [0.1, 0.15) is 22.4 Å². The van der Waals surface area contributed by atoms with Crippen LogP contribution in [0.3, 0.4) is 0 Å². The lowest BCUT2D eigenvalue weighted by molar-refractivity contribution is -0.116. The minimum absolute atomic E-state index is 0.111. The number of nitrogens with zero attached hydrogens (tertiary/aromatic N) is 1. The van der Waals surface area contributed by atoms with Crippen LogP contribution in [-0.2, 0) is 11.2 Å². The first-order valence-corrected chi connectivity index (χ1v) is 9.51. The van der Waals surface area contributed by atoms with Gasteiger partial charge in [0.05, 0.1) is 20.1 Å². The number of methoxy groups -OCH3 is 1. The average Bonchev–Trinajstić information content (AvgIpc) is 3.09. The number of carbonyl (C=O) groups is 1. The van der Waals surface area contributed by atoms with E-state index in [1.54, 1.807) is 7.11 Å². The SMILES string of the molecule is COc1ccc(OCCC(=O)Nc2ncc(Cc3cccc(C)c3)s2)cc1. The van der Waals surface area contributed by atoms with E-state index in [1.807, 2.05) is 30.5 Å². The molecule has 0 bridgehead atoms. The van der Waals surface area contributed by atoms with Gasteiger partial charge in [0.1, 0.15) is 11.5 Å². The number of amides is 1. The van der Waals surface area contributed by atoms with E-state index in [1.165, 1.54) is 22.5 Å². The first-order chi connectivity index (χ1) is 13.1. The lowest BCUT2D eigenvalue weighted by Crippen LogP contribution is -2.14. The second-order valence-corrected chi connectivity index (χ2v) is 7.23. The number of aromatic nitrogens is 1. The molecule has 140 valence electrons. The Morgan fingerprint density at radius 1 is 1.15 bits per heavy atom. The molecule has 1 heterocycles. The standard InChI is InChI=1S/C21H22N2O3S/c1-15-4-3-5-16(12-15)13-19-14-22-21(27-19)23-20(24)10-11-26-18-8-6-17(25-2)7-9-18/h3-9,12,14H,10-11,13H2,1-2H3,(H,22,23,24). The molecule has 0 atom stereocenters. The quantitative estimate of drug-likeness (QED) is 0.625. The summed E-state index contributed by atoms with van der Waals surface area (Å²) in [6, 6.07) is 15.7. The van der Waals surface area contributed by atoms with Crippen molar-refractivity contribution in [1.29, 1.82) is 0 Å². The van der Waals surface area contributed by atoms with Crippen molar-refractivity contribution < 1.29 is 14.3 Å². The van der Waals surface area contributed by atoms with Crippen molar-refractivity contribution in [2.75, 3.05) is 19.0 Å².